The number of para-hydroxylation sites is 1. The average Bonchev–Trinajstić information content (AvgIpc) is 3.26. The number of benzene rings is 1. The number of aromatic amines is 1. The van der Waals surface area contributed by atoms with Crippen molar-refractivity contribution in [2.75, 3.05) is 0 Å². The molecule has 10 heteroatoms. The van der Waals surface area contributed by atoms with Crippen LogP contribution in [-0.4, -0.2) is 57.9 Å². The number of nitrogens with two attached hydrogens (primary N) is 1. The van der Waals surface area contributed by atoms with E-state index in [0.29, 0.717) is 6.42 Å². The van der Waals surface area contributed by atoms with Crippen molar-refractivity contribution in [1.29, 1.82) is 0 Å². The fourth-order valence-electron chi connectivity index (χ4n) is 4.01. The Morgan fingerprint density at radius 2 is 1.49 bits per heavy atom. The maximum Gasteiger partial charge on any atom is 0.326 e. The molecular weight excluding hydrogens is 474 g/mol. The zero-order chi connectivity index (χ0) is 27.9. The summed E-state index contributed by atoms with van der Waals surface area (Å²) >= 11 is 0. The van der Waals surface area contributed by atoms with Crippen molar-refractivity contribution >= 4 is 34.6 Å². The molecule has 0 fully saturated rings. The molecule has 0 spiro atoms. The first-order valence-corrected chi connectivity index (χ1v) is 12.8. The second-order valence-corrected chi connectivity index (χ2v) is 10.3. The summed E-state index contributed by atoms with van der Waals surface area (Å²) in [4.78, 5) is 54.2. The molecule has 0 aliphatic carbocycles. The predicted octanol–water partition coefficient (Wildman–Crippen LogP) is 1.93. The van der Waals surface area contributed by atoms with Gasteiger partial charge in [-0.15, -0.1) is 0 Å². The van der Waals surface area contributed by atoms with Crippen LogP contribution in [0.5, 0.6) is 0 Å². The minimum Gasteiger partial charge on any atom is -0.480 e. The van der Waals surface area contributed by atoms with Gasteiger partial charge in [-0.25, -0.2) is 4.79 Å². The van der Waals surface area contributed by atoms with E-state index in [9.17, 15) is 24.3 Å². The molecule has 5 atom stereocenters. The quantitative estimate of drug-likeness (QED) is 0.238. The fraction of sp³-hybridized carbons (Fsp3) is 0.556. The molecule has 3 amide bonds. The number of hydrogen-bond donors (Lipinski definition) is 6. The van der Waals surface area contributed by atoms with E-state index in [2.05, 4.69) is 20.9 Å². The van der Waals surface area contributed by atoms with Gasteiger partial charge in [0.15, 0.2) is 0 Å². The third-order valence-electron chi connectivity index (χ3n) is 6.77. The Kier molecular flexibility index (Phi) is 10.7. The first-order chi connectivity index (χ1) is 17.4. The SMILES string of the molecule is CCC(C)C(NC(=O)C(NC(=O)C(N)C(C)C)C(C)C)C(=O)NC(Cc1c[nH]c2ccccc12)C(=O)O. The molecule has 0 aliphatic rings. The van der Waals surface area contributed by atoms with Crippen LogP contribution in [0.3, 0.4) is 0 Å². The Hall–Kier alpha value is -3.40. The van der Waals surface area contributed by atoms with Gasteiger partial charge in [-0.05, 0) is 29.4 Å². The van der Waals surface area contributed by atoms with Crippen LogP contribution in [0.15, 0.2) is 30.5 Å². The average molecular weight is 516 g/mol. The van der Waals surface area contributed by atoms with E-state index < -0.39 is 47.9 Å². The Morgan fingerprint density at radius 1 is 0.892 bits per heavy atom. The molecule has 1 heterocycles. The lowest BCUT2D eigenvalue weighted by Gasteiger charge is -2.29. The number of carbonyl (C=O) groups is 4. The molecule has 0 aliphatic heterocycles. The van der Waals surface area contributed by atoms with Crippen LogP contribution in [-0.2, 0) is 25.6 Å². The number of rotatable bonds is 13. The van der Waals surface area contributed by atoms with Crippen molar-refractivity contribution < 1.29 is 24.3 Å². The number of aliphatic carboxylic acids is 1. The number of aromatic nitrogens is 1. The van der Waals surface area contributed by atoms with E-state index in [1.807, 2.05) is 45.0 Å². The molecule has 1 aromatic carbocycles. The molecule has 2 aromatic rings. The fourth-order valence-corrected chi connectivity index (χ4v) is 4.01. The van der Waals surface area contributed by atoms with E-state index in [1.165, 1.54) is 0 Å². The highest BCUT2D eigenvalue weighted by Gasteiger charge is 2.34. The number of H-pyrrole nitrogens is 1. The summed E-state index contributed by atoms with van der Waals surface area (Å²) in [5, 5.41) is 18.8. The van der Waals surface area contributed by atoms with E-state index in [0.717, 1.165) is 16.5 Å². The molecular formula is C27H41N5O5. The standard InChI is InChI=1S/C27H41N5O5/c1-7-16(6)23(32-25(34)22(15(4)5)31-24(33)21(28)14(2)3)26(35)30-20(27(36)37)12-17-13-29-19-11-9-8-10-18(17)19/h8-11,13-16,20-23,29H,7,12,28H2,1-6H3,(H,30,35)(H,31,33)(H,32,34)(H,36,37). The summed E-state index contributed by atoms with van der Waals surface area (Å²) in [5.41, 5.74) is 7.57. The van der Waals surface area contributed by atoms with Gasteiger partial charge in [-0.3, -0.25) is 14.4 Å². The van der Waals surface area contributed by atoms with Crippen LogP contribution in [0, 0.1) is 17.8 Å². The number of fused-ring (bicyclic) bond motifs is 1. The van der Waals surface area contributed by atoms with Crippen molar-refractivity contribution in [3.8, 4) is 0 Å². The third-order valence-corrected chi connectivity index (χ3v) is 6.77. The lowest BCUT2D eigenvalue weighted by Crippen LogP contribution is -2.60. The van der Waals surface area contributed by atoms with Gasteiger partial charge in [-0.1, -0.05) is 66.2 Å². The number of nitrogens with one attached hydrogen (secondary N) is 4. The second-order valence-electron chi connectivity index (χ2n) is 10.3. The summed E-state index contributed by atoms with van der Waals surface area (Å²) < 4.78 is 0. The number of carbonyl (C=O) groups excluding carboxylic acids is 3. The normalized spacial score (nSPS) is 15.6. The molecule has 7 N–H and O–H groups in total. The highest BCUT2D eigenvalue weighted by molar-refractivity contribution is 5.94. The Balaban J connectivity index is 2.19. The lowest BCUT2D eigenvalue weighted by atomic mass is 9.95. The summed E-state index contributed by atoms with van der Waals surface area (Å²) in [7, 11) is 0. The predicted molar refractivity (Wildman–Crippen MR) is 143 cm³/mol. The molecule has 0 bridgehead atoms. The summed E-state index contributed by atoms with van der Waals surface area (Å²) in [6.45, 7) is 10.9. The molecule has 0 saturated carbocycles. The minimum absolute atomic E-state index is 0.0734. The first kappa shape index (κ1) is 29.8. The summed E-state index contributed by atoms with van der Waals surface area (Å²) in [6.07, 6.45) is 2.37. The first-order valence-electron chi connectivity index (χ1n) is 12.8. The van der Waals surface area contributed by atoms with Crippen molar-refractivity contribution in [3.63, 3.8) is 0 Å². The van der Waals surface area contributed by atoms with E-state index >= 15 is 0 Å². The molecule has 0 saturated heterocycles. The van der Waals surface area contributed by atoms with Crippen molar-refractivity contribution in [1.82, 2.24) is 20.9 Å². The second kappa shape index (κ2) is 13.2. The Bertz CT molecular complexity index is 1100. The van der Waals surface area contributed by atoms with Gasteiger partial charge in [-0.2, -0.15) is 0 Å². The van der Waals surface area contributed by atoms with Crippen molar-refractivity contribution in [3.05, 3.63) is 36.0 Å². The van der Waals surface area contributed by atoms with Crippen molar-refractivity contribution in [2.24, 2.45) is 23.5 Å². The van der Waals surface area contributed by atoms with Gasteiger partial charge in [0, 0.05) is 23.5 Å². The Morgan fingerprint density at radius 3 is 2.05 bits per heavy atom. The monoisotopic (exact) mass is 515 g/mol. The van der Waals surface area contributed by atoms with Gasteiger partial charge in [0.1, 0.15) is 18.1 Å². The maximum absolute atomic E-state index is 13.3. The Labute approximate surface area is 218 Å². The lowest BCUT2D eigenvalue weighted by molar-refractivity contribution is -0.142. The molecule has 204 valence electrons. The molecule has 37 heavy (non-hydrogen) atoms. The van der Waals surface area contributed by atoms with Gasteiger partial charge in [0.2, 0.25) is 17.7 Å². The zero-order valence-electron chi connectivity index (χ0n) is 22.5. The highest BCUT2D eigenvalue weighted by Crippen LogP contribution is 2.19. The van der Waals surface area contributed by atoms with Gasteiger partial charge >= 0.3 is 5.97 Å². The van der Waals surface area contributed by atoms with Gasteiger partial charge < -0.3 is 31.8 Å². The van der Waals surface area contributed by atoms with Gasteiger partial charge in [0.25, 0.3) is 0 Å². The molecule has 2 rings (SSSR count). The molecule has 5 unspecified atom stereocenters. The molecule has 10 nitrogen and oxygen atoms in total. The largest absolute Gasteiger partial charge is 0.480 e. The highest BCUT2D eigenvalue weighted by atomic mass is 16.4. The minimum atomic E-state index is -1.19. The third kappa shape index (κ3) is 7.79. The van der Waals surface area contributed by atoms with Gasteiger partial charge in [0.05, 0.1) is 6.04 Å². The van der Waals surface area contributed by atoms with Crippen LogP contribution >= 0.6 is 0 Å². The number of carboxylic acid groups (broad SMARTS) is 1. The number of amides is 3. The van der Waals surface area contributed by atoms with Crippen LogP contribution in [0.25, 0.3) is 10.9 Å². The summed E-state index contributed by atoms with van der Waals surface area (Å²) in [5.74, 6) is -3.41. The van der Waals surface area contributed by atoms with Crippen LogP contribution in [0.2, 0.25) is 0 Å². The van der Waals surface area contributed by atoms with Crippen LogP contribution in [0.4, 0.5) is 0 Å². The molecule has 0 radical (unpaired) electrons. The van der Waals surface area contributed by atoms with E-state index in [-0.39, 0.29) is 24.2 Å². The zero-order valence-corrected chi connectivity index (χ0v) is 22.5. The smallest absolute Gasteiger partial charge is 0.326 e. The van der Waals surface area contributed by atoms with E-state index in [4.69, 9.17) is 5.73 Å². The topological polar surface area (TPSA) is 166 Å². The summed E-state index contributed by atoms with van der Waals surface area (Å²) in [6, 6.07) is 3.65. The van der Waals surface area contributed by atoms with Crippen molar-refractivity contribution in [2.45, 2.75) is 78.6 Å². The number of hydrogen-bond acceptors (Lipinski definition) is 5. The molecule has 1 aromatic heterocycles. The maximum atomic E-state index is 13.3. The van der Waals surface area contributed by atoms with Crippen LogP contribution < -0.4 is 21.7 Å². The number of carboxylic acids is 1. The van der Waals surface area contributed by atoms with Crippen LogP contribution in [0.1, 0.15) is 53.5 Å². The van der Waals surface area contributed by atoms with E-state index in [1.54, 1.807) is 27.0 Å².